The first-order valence-corrected chi connectivity index (χ1v) is 6.82. The normalized spacial score (nSPS) is 10.4. The molecule has 1 amide bonds. The van der Waals surface area contributed by atoms with Crippen LogP contribution in [0.5, 0.6) is 0 Å². The highest BCUT2D eigenvalue weighted by molar-refractivity contribution is 5.96. The van der Waals surface area contributed by atoms with Crippen LogP contribution in [-0.2, 0) is 4.74 Å². The molecule has 5 nitrogen and oxygen atoms in total. The van der Waals surface area contributed by atoms with Crippen molar-refractivity contribution in [2.75, 3.05) is 26.8 Å². The van der Waals surface area contributed by atoms with Crippen LogP contribution in [0.15, 0.2) is 18.2 Å². The number of rotatable bonds is 8. The van der Waals surface area contributed by atoms with Gasteiger partial charge in [-0.15, -0.1) is 0 Å². The van der Waals surface area contributed by atoms with E-state index in [1.54, 1.807) is 0 Å². The third-order valence-electron chi connectivity index (χ3n) is 3.08. The van der Waals surface area contributed by atoms with Gasteiger partial charge in [0.05, 0.1) is 17.7 Å². The van der Waals surface area contributed by atoms with E-state index >= 15 is 0 Å². The van der Waals surface area contributed by atoms with Crippen LogP contribution in [0, 0.1) is 5.82 Å². The molecule has 0 aliphatic heterocycles. The first kappa shape index (κ1) is 17.1. The number of methoxy groups -OCH3 is 1. The van der Waals surface area contributed by atoms with Gasteiger partial charge in [0.2, 0.25) is 0 Å². The predicted molar refractivity (Wildman–Crippen MR) is 76.0 cm³/mol. The molecule has 0 atom stereocenters. The summed E-state index contributed by atoms with van der Waals surface area (Å²) in [7, 11) is 1.53. The number of hydrogen-bond acceptors (Lipinski definition) is 3. The number of benzene rings is 1. The number of amides is 1. The smallest absolute Gasteiger partial charge is 0.335 e. The summed E-state index contributed by atoms with van der Waals surface area (Å²) in [6.45, 7) is 3.25. The van der Waals surface area contributed by atoms with Crippen LogP contribution >= 0.6 is 0 Å². The average Bonchev–Trinajstić information content (AvgIpc) is 2.46. The summed E-state index contributed by atoms with van der Waals surface area (Å²) in [4.78, 5) is 24.6. The molecule has 0 aliphatic carbocycles. The Bertz CT molecular complexity index is 496. The Hall–Kier alpha value is -1.95. The van der Waals surface area contributed by atoms with Crippen molar-refractivity contribution in [3.8, 4) is 0 Å². The van der Waals surface area contributed by atoms with Crippen molar-refractivity contribution in [3.63, 3.8) is 0 Å². The fourth-order valence-corrected chi connectivity index (χ4v) is 1.86. The Labute approximate surface area is 123 Å². The Balaban J connectivity index is 2.94. The summed E-state index contributed by atoms with van der Waals surface area (Å²) in [5, 5.41) is 8.80. The molecule has 0 heterocycles. The van der Waals surface area contributed by atoms with E-state index in [-0.39, 0.29) is 11.1 Å². The zero-order valence-electron chi connectivity index (χ0n) is 12.3. The number of carbonyl (C=O) groups excluding carboxylic acids is 1. The molecular formula is C15H20FNO4. The van der Waals surface area contributed by atoms with Crippen LogP contribution in [-0.4, -0.2) is 48.7 Å². The Kier molecular flexibility index (Phi) is 6.81. The second-order valence-electron chi connectivity index (χ2n) is 4.64. The number of unbranched alkanes of at least 4 members (excludes halogenated alkanes) is 1. The maximum atomic E-state index is 13.9. The minimum atomic E-state index is -1.23. The topological polar surface area (TPSA) is 66.8 Å². The maximum absolute atomic E-state index is 13.9. The van der Waals surface area contributed by atoms with E-state index in [2.05, 4.69) is 0 Å². The largest absolute Gasteiger partial charge is 0.478 e. The molecule has 0 radical (unpaired) electrons. The Morgan fingerprint density at radius 2 is 2.05 bits per heavy atom. The van der Waals surface area contributed by atoms with Gasteiger partial charge in [-0.1, -0.05) is 13.3 Å². The van der Waals surface area contributed by atoms with Crippen molar-refractivity contribution >= 4 is 11.9 Å². The van der Waals surface area contributed by atoms with Gasteiger partial charge in [-0.25, -0.2) is 9.18 Å². The van der Waals surface area contributed by atoms with E-state index in [0.29, 0.717) is 19.7 Å². The van der Waals surface area contributed by atoms with E-state index in [4.69, 9.17) is 9.84 Å². The van der Waals surface area contributed by atoms with Crippen molar-refractivity contribution in [3.05, 3.63) is 35.1 Å². The molecule has 21 heavy (non-hydrogen) atoms. The minimum absolute atomic E-state index is 0.118. The molecule has 1 N–H and O–H groups in total. The van der Waals surface area contributed by atoms with Crippen LogP contribution < -0.4 is 0 Å². The minimum Gasteiger partial charge on any atom is -0.478 e. The van der Waals surface area contributed by atoms with E-state index in [0.717, 1.165) is 18.9 Å². The van der Waals surface area contributed by atoms with E-state index < -0.39 is 17.7 Å². The lowest BCUT2D eigenvalue weighted by molar-refractivity contribution is 0.0677. The fourth-order valence-electron chi connectivity index (χ4n) is 1.86. The summed E-state index contributed by atoms with van der Waals surface area (Å²) in [6.07, 6.45) is 1.72. The molecule has 0 bridgehead atoms. The zero-order valence-corrected chi connectivity index (χ0v) is 12.3. The number of aromatic carboxylic acids is 1. The standard InChI is InChI=1S/C15H20FNO4/c1-3-4-7-17(8-9-21-2)14(18)12-6-5-11(15(19)20)10-13(12)16/h5-6,10H,3-4,7-9H2,1-2H3,(H,19,20). The highest BCUT2D eigenvalue weighted by atomic mass is 19.1. The van der Waals surface area contributed by atoms with Gasteiger partial charge in [-0.2, -0.15) is 0 Å². The lowest BCUT2D eigenvalue weighted by atomic mass is 10.1. The first-order valence-electron chi connectivity index (χ1n) is 6.82. The van der Waals surface area contributed by atoms with Gasteiger partial charge in [0.25, 0.3) is 5.91 Å². The number of carboxylic acids is 1. The SMILES string of the molecule is CCCCN(CCOC)C(=O)c1ccc(C(=O)O)cc1F. The van der Waals surface area contributed by atoms with Gasteiger partial charge in [0.1, 0.15) is 5.82 Å². The molecule has 0 saturated heterocycles. The Morgan fingerprint density at radius 3 is 2.57 bits per heavy atom. The number of carbonyl (C=O) groups is 2. The van der Waals surface area contributed by atoms with Gasteiger partial charge < -0.3 is 14.7 Å². The summed E-state index contributed by atoms with van der Waals surface area (Å²) in [6, 6.07) is 3.31. The molecule has 0 aromatic heterocycles. The highest BCUT2D eigenvalue weighted by Gasteiger charge is 2.20. The van der Waals surface area contributed by atoms with Gasteiger partial charge in [0, 0.05) is 20.2 Å². The van der Waals surface area contributed by atoms with Crippen LogP contribution in [0.3, 0.4) is 0 Å². The predicted octanol–water partition coefficient (Wildman–Crippen LogP) is 2.41. The number of nitrogens with zero attached hydrogens (tertiary/aromatic N) is 1. The van der Waals surface area contributed by atoms with Crippen LogP contribution in [0.2, 0.25) is 0 Å². The third kappa shape index (κ3) is 4.82. The zero-order chi connectivity index (χ0) is 15.8. The van der Waals surface area contributed by atoms with Crippen molar-refractivity contribution in [1.29, 1.82) is 0 Å². The molecule has 0 aliphatic rings. The quantitative estimate of drug-likeness (QED) is 0.800. The number of carboxylic acid groups (broad SMARTS) is 1. The maximum Gasteiger partial charge on any atom is 0.335 e. The monoisotopic (exact) mass is 297 g/mol. The summed E-state index contributed by atoms with van der Waals surface area (Å²) >= 11 is 0. The van der Waals surface area contributed by atoms with Crippen LogP contribution in [0.1, 0.15) is 40.5 Å². The van der Waals surface area contributed by atoms with Crippen molar-refractivity contribution in [1.82, 2.24) is 4.90 Å². The second kappa shape index (κ2) is 8.36. The fraction of sp³-hybridized carbons (Fsp3) is 0.467. The number of hydrogen-bond donors (Lipinski definition) is 1. The highest BCUT2D eigenvalue weighted by Crippen LogP contribution is 2.14. The molecule has 1 aromatic carbocycles. The van der Waals surface area contributed by atoms with E-state index in [1.807, 2.05) is 6.92 Å². The molecule has 0 fully saturated rings. The molecule has 0 spiro atoms. The lowest BCUT2D eigenvalue weighted by Crippen LogP contribution is -2.35. The van der Waals surface area contributed by atoms with Crippen molar-refractivity contribution in [2.24, 2.45) is 0 Å². The van der Waals surface area contributed by atoms with Crippen molar-refractivity contribution in [2.45, 2.75) is 19.8 Å². The molecule has 0 saturated carbocycles. The molecule has 1 rings (SSSR count). The molecular weight excluding hydrogens is 277 g/mol. The molecule has 0 unspecified atom stereocenters. The molecule has 6 heteroatoms. The third-order valence-corrected chi connectivity index (χ3v) is 3.08. The number of halogens is 1. The summed E-state index contributed by atoms with van der Waals surface area (Å²) in [5.74, 6) is -2.50. The van der Waals surface area contributed by atoms with Crippen LogP contribution in [0.25, 0.3) is 0 Å². The summed E-state index contributed by atoms with van der Waals surface area (Å²) < 4.78 is 18.9. The van der Waals surface area contributed by atoms with Gasteiger partial charge in [-0.3, -0.25) is 4.79 Å². The molecule has 1 aromatic rings. The first-order chi connectivity index (χ1) is 10.0. The Morgan fingerprint density at radius 1 is 1.33 bits per heavy atom. The van der Waals surface area contributed by atoms with Crippen LogP contribution in [0.4, 0.5) is 4.39 Å². The second-order valence-corrected chi connectivity index (χ2v) is 4.64. The average molecular weight is 297 g/mol. The summed E-state index contributed by atoms with van der Waals surface area (Å²) in [5.41, 5.74) is -0.298. The molecule has 116 valence electrons. The van der Waals surface area contributed by atoms with E-state index in [9.17, 15) is 14.0 Å². The van der Waals surface area contributed by atoms with Crippen molar-refractivity contribution < 1.29 is 23.8 Å². The van der Waals surface area contributed by atoms with Gasteiger partial charge >= 0.3 is 5.97 Å². The van der Waals surface area contributed by atoms with Gasteiger partial charge in [-0.05, 0) is 24.6 Å². The number of ether oxygens (including phenoxy) is 1. The lowest BCUT2D eigenvalue weighted by Gasteiger charge is -2.22. The van der Waals surface area contributed by atoms with E-state index in [1.165, 1.54) is 24.1 Å². The van der Waals surface area contributed by atoms with Gasteiger partial charge in [0.15, 0.2) is 0 Å².